The Balaban J connectivity index is 2.08. The SMILES string of the molecule is COc1cccc(-n2cc(CN(C)C(=O)[C@@H](O)C(C)C)cn2)c1. The number of benzene rings is 1. The zero-order valence-corrected chi connectivity index (χ0v) is 13.9. The third kappa shape index (κ3) is 4.10. The lowest BCUT2D eigenvalue weighted by molar-refractivity contribution is -0.141. The fourth-order valence-electron chi connectivity index (χ4n) is 2.20. The van der Waals surface area contributed by atoms with E-state index in [1.807, 2.05) is 44.3 Å². The van der Waals surface area contributed by atoms with Crippen molar-refractivity contribution in [3.05, 3.63) is 42.2 Å². The molecule has 0 saturated heterocycles. The summed E-state index contributed by atoms with van der Waals surface area (Å²) in [7, 11) is 3.30. The van der Waals surface area contributed by atoms with Gasteiger partial charge >= 0.3 is 0 Å². The lowest BCUT2D eigenvalue weighted by Crippen LogP contribution is -2.38. The Kier molecular flexibility index (Phi) is 5.39. The highest BCUT2D eigenvalue weighted by atomic mass is 16.5. The van der Waals surface area contributed by atoms with Crippen LogP contribution in [0.5, 0.6) is 5.75 Å². The summed E-state index contributed by atoms with van der Waals surface area (Å²) in [5, 5.41) is 14.2. The molecule has 0 saturated carbocycles. The maximum Gasteiger partial charge on any atom is 0.251 e. The number of aromatic nitrogens is 2. The van der Waals surface area contributed by atoms with E-state index in [-0.39, 0.29) is 11.8 Å². The third-order valence-corrected chi connectivity index (χ3v) is 3.63. The first-order valence-corrected chi connectivity index (χ1v) is 7.53. The van der Waals surface area contributed by atoms with Crippen molar-refractivity contribution >= 4 is 5.91 Å². The predicted molar refractivity (Wildman–Crippen MR) is 87.4 cm³/mol. The molecule has 1 aromatic heterocycles. The van der Waals surface area contributed by atoms with E-state index >= 15 is 0 Å². The standard InChI is InChI=1S/C17H23N3O3/c1-12(2)16(21)17(22)19(3)10-13-9-18-20(11-13)14-6-5-7-15(8-14)23-4/h5-9,11-12,16,21H,10H2,1-4H3/t16-/m0/s1. The molecule has 1 amide bonds. The van der Waals surface area contributed by atoms with Crippen LogP contribution in [0.15, 0.2) is 36.7 Å². The van der Waals surface area contributed by atoms with Gasteiger partial charge in [-0.3, -0.25) is 4.79 Å². The number of ether oxygens (including phenoxy) is 1. The second-order valence-corrected chi connectivity index (χ2v) is 5.88. The van der Waals surface area contributed by atoms with E-state index in [2.05, 4.69) is 5.10 Å². The molecule has 1 atom stereocenters. The smallest absolute Gasteiger partial charge is 0.251 e. The molecule has 23 heavy (non-hydrogen) atoms. The molecule has 0 fully saturated rings. The molecular formula is C17H23N3O3. The van der Waals surface area contributed by atoms with E-state index in [0.717, 1.165) is 17.0 Å². The summed E-state index contributed by atoms with van der Waals surface area (Å²) < 4.78 is 6.94. The highest BCUT2D eigenvalue weighted by molar-refractivity contribution is 5.80. The Bertz CT molecular complexity index is 667. The van der Waals surface area contributed by atoms with E-state index in [0.29, 0.717) is 6.54 Å². The number of hydrogen-bond acceptors (Lipinski definition) is 4. The molecule has 6 nitrogen and oxygen atoms in total. The summed E-state index contributed by atoms with van der Waals surface area (Å²) >= 11 is 0. The molecule has 6 heteroatoms. The van der Waals surface area contributed by atoms with E-state index in [4.69, 9.17) is 4.74 Å². The van der Waals surface area contributed by atoms with Gasteiger partial charge in [-0.2, -0.15) is 5.10 Å². The second kappa shape index (κ2) is 7.28. The number of carbonyl (C=O) groups is 1. The van der Waals surface area contributed by atoms with Gasteiger partial charge in [0.25, 0.3) is 5.91 Å². The molecule has 2 aromatic rings. The summed E-state index contributed by atoms with van der Waals surface area (Å²) in [6, 6.07) is 7.57. The van der Waals surface area contributed by atoms with Gasteiger partial charge in [0, 0.05) is 31.4 Å². The first kappa shape index (κ1) is 17.0. The Morgan fingerprint density at radius 2 is 2.17 bits per heavy atom. The van der Waals surface area contributed by atoms with Crippen molar-refractivity contribution in [1.29, 1.82) is 0 Å². The molecule has 2 rings (SSSR count). The molecule has 1 aromatic carbocycles. The van der Waals surface area contributed by atoms with Gasteiger partial charge < -0.3 is 14.7 Å². The van der Waals surface area contributed by atoms with Crippen LogP contribution < -0.4 is 4.74 Å². The van der Waals surface area contributed by atoms with Crippen LogP contribution in [0.25, 0.3) is 5.69 Å². The number of methoxy groups -OCH3 is 1. The molecule has 0 radical (unpaired) electrons. The zero-order valence-electron chi connectivity index (χ0n) is 13.9. The summed E-state index contributed by atoms with van der Waals surface area (Å²) in [4.78, 5) is 13.6. The van der Waals surface area contributed by atoms with Gasteiger partial charge in [-0.15, -0.1) is 0 Å². The zero-order chi connectivity index (χ0) is 17.0. The number of carbonyl (C=O) groups excluding carboxylic acids is 1. The van der Waals surface area contributed by atoms with Crippen LogP contribution in [0.4, 0.5) is 0 Å². The van der Waals surface area contributed by atoms with Crippen molar-refractivity contribution in [3.8, 4) is 11.4 Å². The number of amides is 1. The van der Waals surface area contributed by atoms with Crippen LogP contribution in [0, 0.1) is 5.92 Å². The minimum Gasteiger partial charge on any atom is -0.497 e. The Labute approximate surface area is 136 Å². The quantitative estimate of drug-likeness (QED) is 0.883. The van der Waals surface area contributed by atoms with E-state index in [1.54, 1.807) is 25.0 Å². The molecule has 0 aliphatic rings. The number of rotatable bonds is 6. The normalized spacial score (nSPS) is 12.3. The van der Waals surface area contributed by atoms with Gasteiger partial charge in [-0.25, -0.2) is 4.68 Å². The van der Waals surface area contributed by atoms with Crippen molar-refractivity contribution < 1.29 is 14.6 Å². The van der Waals surface area contributed by atoms with Crippen molar-refractivity contribution in [2.45, 2.75) is 26.5 Å². The lowest BCUT2D eigenvalue weighted by atomic mass is 10.1. The van der Waals surface area contributed by atoms with Crippen LogP contribution in [0.3, 0.4) is 0 Å². The van der Waals surface area contributed by atoms with E-state index < -0.39 is 6.10 Å². The molecular weight excluding hydrogens is 294 g/mol. The summed E-state index contributed by atoms with van der Waals surface area (Å²) in [6.45, 7) is 4.03. The van der Waals surface area contributed by atoms with Crippen LogP contribution >= 0.6 is 0 Å². The number of aliphatic hydroxyl groups excluding tert-OH is 1. The van der Waals surface area contributed by atoms with E-state index in [9.17, 15) is 9.90 Å². The minimum absolute atomic E-state index is 0.107. The fourth-order valence-corrected chi connectivity index (χ4v) is 2.20. The molecule has 0 aliphatic carbocycles. The fraction of sp³-hybridized carbons (Fsp3) is 0.412. The van der Waals surface area contributed by atoms with Crippen LogP contribution in [0.1, 0.15) is 19.4 Å². The predicted octanol–water partition coefficient (Wildman–Crippen LogP) is 1.86. The van der Waals surface area contributed by atoms with Crippen molar-refractivity contribution in [2.24, 2.45) is 5.92 Å². The first-order chi connectivity index (χ1) is 10.9. The first-order valence-electron chi connectivity index (χ1n) is 7.53. The number of aliphatic hydroxyl groups is 1. The van der Waals surface area contributed by atoms with Crippen molar-refractivity contribution in [2.75, 3.05) is 14.2 Å². The molecule has 0 unspecified atom stereocenters. The Morgan fingerprint density at radius 1 is 1.43 bits per heavy atom. The van der Waals surface area contributed by atoms with Gasteiger partial charge in [0.2, 0.25) is 0 Å². The second-order valence-electron chi connectivity index (χ2n) is 5.88. The molecule has 1 N–H and O–H groups in total. The number of likely N-dealkylation sites (N-methyl/N-ethyl adjacent to an activating group) is 1. The van der Waals surface area contributed by atoms with Crippen LogP contribution in [0.2, 0.25) is 0 Å². The van der Waals surface area contributed by atoms with Gasteiger partial charge in [-0.1, -0.05) is 19.9 Å². The average molecular weight is 317 g/mol. The van der Waals surface area contributed by atoms with Crippen LogP contribution in [-0.2, 0) is 11.3 Å². The minimum atomic E-state index is -0.978. The summed E-state index contributed by atoms with van der Waals surface area (Å²) in [5.74, 6) is 0.366. The van der Waals surface area contributed by atoms with E-state index in [1.165, 1.54) is 4.90 Å². The summed E-state index contributed by atoms with van der Waals surface area (Å²) in [6.07, 6.45) is 2.60. The molecule has 0 spiro atoms. The van der Waals surface area contributed by atoms with Crippen LogP contribution in [-0.4, -0.2) is 46.0 Å². The topological polar surface area (TPSA) is 67.6 Å². The number of hydrogen-bond donors (Lipinski definition) is 1. The Morgan fingerprint density at radius 3 is 2.83 bits per heavy atom. The maximum atomic E-state index is 12.1. The van der Waals surface area contributed by atoms with Gasteiger partial charge in [0.05, 0.1) is 19.0 Å². The monoisotopic (exact) mass is 317 g/mol. The largest absolute Gasteiger partial charge is 0.497 e. The highest BCUT2D eigenvalue weighted by Crippen LogP contribution is 2.17. The van der Waals surface area contributed by atoms with Crippen molar-refractivity contribution in [3.63, 3.8) is 0 Å². The lowest BCUT2D eigenvalue weighted by Gasteiger charge is -2.22. The third-order valence-electron chi connectivity index (χ3n) is 3.63. The van der Waals surface area contributed by atoms with Crippen molar-refractivity contribution in [1.82, 2.24) is 14.7 Å². The highest BCUT2D eigenvalue weighted by Gasteiger charge is 2.22. The summed E-state index contributed by atoms with van der Waals surface area (Å²) in [5.41, 5.74) is 1.77. The van der Waals surface area contributed by atoms with Gasteiger partial charge in [-0.05, 0) is 18.1 Å². The molecule has 1 heterocycles. The van der Waals surface area contributed by atoms with Gasteiger partial charge in [0.15, 0.2) is 0 Å². The number of nitrogens with zero attached hydrogens (tertiary/aromatic N) is 3. The molecule has 124 valence electrons. The maximum absolute atomic E-state index is 12.1. The molecule has 0 bridgehead atoms. The molecule has 0 aliphatic heterocycles. The Hall–Kier alpha value is -2.34. The average Bonchev–Trinajstić information content (AvgIpc) is 3.01. The van der Waals surface area contributed by atoms with Gasteiger partial charge in [0.1, 0.15) is 11.9 Å².